The van der Waals surface area contributed by atoms with Crippen LogP contribution in [0.1, 0.15) is 11.1 Å². The Labute approximate surface area is 175 Å². The molecule has 3 rings (SSSR count). The van der Waals surface area contributed by atoms with Crippen molar-refractivity contribution in [3.8, 4) is 11.5 Å². The van der Waals surface area contributed by atoms with Gasteiger partial charge < -0.3 is 20.1 Å². The van der Waals surface area contributed by atoms with Crippen molar-refractivity contribution in [2.45, 2.75) is 18.0 Å². The van der Waals surface area contributed by atoms with E-state index in [-0.39, 0.29) is 35.7 Å². The van der Waals surface area contributed by atoms with Crippen LogP contribution in [0.4, 0.5) is 0 Å². The average molecular weight is 504 g/mol. The molecule has 0 unspecified atom stereocenters. The summed E-state index contributed by atoms with van der Waals surface area (Å²) in [6, 6.07) is 12.2. The second-order valence-electron chi connectivity index (χ2n) is 5.66. The van der Waals surface area contributed by atoms with E-state index < -0.39 is 10.0 Å². The highest BCUT2D eigenvalue weighted by atomic mass is 127. The van der Waals surface area contributed by atoms with Crippen molar-refractivity contribution in [1.82, 2.24) is 10.6 Å². The van der Waals surface area contributed by atoms with Gasteiger partial charge in [-0.05, 0) is 35.4 Å². The molecule has 2 aromatic rings. The topological polar surface area (TPSA) is 115 Å². The molecule has 0 bridgehead atoms. The van der Waals surface area contributed by atoms with E-state index in [1.165, 1.54) is 12.1 Å². The highest BCUT2D eigenvalue weighted by Crippen LogP contribution is 2.32. The van der Waals surface area contributed by atoms with Gasteiger partial charge in [0, 0.05) is 20.1 Å². The summed E-state index contributed by atoms with van der Waals surface area (Å²) in [6.07, 6.45) is 0. The summed E-state index contributed by atoms with van der Waals surface area (Å²) in [5, 5.41) is 11.5. The molecule has 8 nitrogen and oxygen atoms in total. The van der Waals surface area contributed by atoms with E-state index >= 15 is 0 Å². The minimum absolute atomic E-state index is 0. The number of sulfonamides is 1. The summed E-state index contributed by atoms with van der Waals surface area (Å²) >= 11 is 0. The number of nitrogens with two attached hydrogens (primary N) is 1. The van der Waals surface area contributed by atoms with Crippen LogP contribution >= 0.6 is 24.0 Å². The Morgan fingerprint density at radius 2 is 1.74 bits per heavy atom. The molecular formula is C17H21IN4O4S. The number of nitrogens with one attached hydrogen (secondary N) is 2. The Balaban J connectivity index is 0.00000261. The van der Waals surface area contributed by atoms with Gasteiger partial charge in [0.25, 0.3) is 0 Å². The zero-order valence-corrected chi connectivity index (χ0v) is 17.8. The maximum Gasteiger partial charge on any atom is 0.238 e. The van der Waals surface area contributed by atoms with Crippen molar-refractivity contribution in [3.63, 3.8) is 0 Å². The molecule has 0 saturated heterocycles. The van der Waals surface area contributed by atoms with Crippen LogP contribution in [0, 0.1) is 0 Å². The second-order valence-corrected chi connectivity index (χ2v) is 7.22. The largest absolute Gasteiger partial charge is 0.454 e. The second kappa shape index (κ2) is 9.24. The molecular weight excluding hydrogens is 483 g/mol. The lowest BCUT2D eigenvalue weighted by atomic mass is 10.2. The number of hydrogen-bond donors (Lipinski definition) is 3. The highest BCUT2D eigenvalue weighted by Gasteiger charge is 2.13. The number of halogens is 1. The van der Waals surface area contributed by atoms with E-state index in [0.717, 1.165) is 22.6 Å². The van der Waals surface area contributed by atoms with Crippen LogP contribution in [0.3, 0.4) is 0 Å². The smallest absolute Gasteiger partial charge is 0.238 e. The molecule has 0 aliphatic carbocycles. The van der Waals surface area contributed by atoms with Crippen molar-refractivity contribution in [1.29, 1.82) is 0 Å². The predicted octanol–water partition coefficient (Wildman–Crippen LogP) is 1.55. The number of benzene rings is 2. The lowest BCUT2D eigenvalue weighted by Crippen LogP contribution is -2.36. The van der Waals surface area contributed by atoms with Crippen molar-refractivity contribution >= 4 is 40.0 Å². The molecule has 0 fully saturated rings. The summed E-state index contributed by atoms with van der Waals surface area (Å²) < 4.78 is 33.5. The SMILES string of the molecule is CN=C(NCc1cccc(S(N)(=O)=O)c1)NCc1ccc2c(c1)OCO2.I. The highest BCUT2D eigenvalue weighted by molar-refractivity contribution is 14.0. The number of guanidine groups is 1. The summed E-state index contributed by atoms with van der Waals surface area (Å²) in [5.74, 6) is 2.06. The van der Waals surface area contributed by atoms with Gasteiger partial charge in [-0.1, -0.05) is 18.2 Å². The number of fused-ring (bicyclic) bond motifs is 1. The minimum Gasteiger partial charge on any atom is -0.454 e. The van der Waals surface area contributed by atoms with Crippen LogP contribution in [-0.4, -0.2) is 28.2 Å². The molecule has 1 aliphatic rings. The Morgan fingerprint density at radius 3 is 2.41 bits per heavy atom. The van der Waals surface area contributed by atoms with Crippen molar-refractivity contribution in [3.05, 3.63) is 53.6 Å². The number of aliphatic imine (C=N–C) groups is 1. The lowest BCUT2D eigenvalue weighted by Gasteiger charge is -2.12. The van der Waals surface area contributed by atoms with Crippen molar-refractivity contribution in [2.75, 3.05) is 13.8 Å². The maximum atomic E-state index is 11.4. The number of primary sulfonamides is 1. The van der Waals surface area contributed by atoms with Crippen LogP contribution in [-0.2, 0) is 23.1 Å². The molecule has 10 heteroatoms. The number of ether oxygens (including phenoxy) is 2. The molecule has 4 N–H and O–H groups in total. The van der Waals surface area contributed by atoms with Gasteiger partial charge in [-0.15, -0.1) is 24.0 Å². The Kier molecular flexibility index (Phi) is 7.27. The number of nitrogens with zero attached hydrogens (tertiary/aromatic N) is 1. The van der Waals surface area contributed by atoms with Gasteiger partial charge in [-0.2, -0.15) is 0 Å². The molecule has 0 amide bonds. The first-order valence-corrected chi connectivity index (χ1v) is 9.45. The standard InChI is InChI=1S/C17H20N4O4S.HI/c1-19-17(20-9-12-3-2-4-14(7-12)26(18,22)23)21-10-13-5-6-15-16(8-13)25-11-24-15;/h2-8H,9-11H2,1H3,(H2,18,22,23)(H2,19,20,21);1H. The summed E-state index contributed by atoms with van der Waals surface area (Å²) in [4.78, 5) is 4.24. The molecule has 2 aromatic carbocycles. The third kappa shape index (κ3) is 5.71. The van der Waals surface area contributed by atoms with Crippen LogP contribution < -0.4 is 25.2 Å². The number of rotatable bonds is 5. The average Bonchev–Trinajstić information content (AvgIpc) is 3.09. The predicted molar refractivity (Wildman–Crippen MR) is 113 cm³/mol. The van der Waals surface area contributed by atoms with Gasteiger partial charge in [0.2, 0.25) is 16.8 Å². The first kappa shape index (κ1) is 21.3. The first-order valence-electron chi connectivity index (χ1n) is 7.90. The van der Waals surface area contributed by atoms with Gasteiger partial charge in [-0.3, -0.25) is 4.99 Å². The fourth-order valence-corrected chi connectivity index (χ4v) is 3.06. The van der Waals surface area contributed by atoms with E-state index in [4.69, 9.17) is 14.6 Å². The van der Waals surface area contributed by atoms with E-state index in [1.807, 2.05) is 24.3 Å². The zero-order chi connectivity index (χ0) is 18.6. The van der Waals surface area contributed by atoms with Gasteiger partial charge in [0.05, 0.1) is 4.90 Å². The Hall–Kier alpha value is -2.05. The fourth-order valence-electron chi connectivity index (χ4n) is 2.48. The minimum atomic E-state index is -3.72. The van der Waals surface area contributed by atoms with Crippen LogP contribution in [0.15, 0.2) is 52.4 Å². The fraction of sp³-hybridized carbons (Fsp3) is 0.235. The van der Waals surface area contributed by atoms with E-state index in [0.29, 0.717) is 19.0 Å². The van der Waals surface area contributed by atoms with Crippen molar-refractivity contribution < 1.29 is 17.9 Å². The summed E-state index contributed by atoms with van der Waals surface area (Å²) in [7, 11) is -2.05. The van der Waals surface area contributed by atoms with E-state index in [1.54, 1.807) is 13.1 Å². The Bertz CT molecular complexity index is 934. The lowest BCUT2D eigenvalue weighted by molar-refractivity contribution is 0.174. The Morgan fingerprint density at radius 1 is 1.07 bits per heavy atom. The molecule has 146 valence electrons. The zero-order valence-electron chi connectivity index (χ0n) is 14.6. The van der Waals surface area contributed by atoms with Gasteiger partial charge >= 0.3 is 0 Å². The van der Waals surface area contributed by atoms with E-state index in [9.17, 15) is 8.42 Å². The van der Waals surface area contributed by atoms with Gasteiger partial charge in [0.15, 0.2) is 17.5 Å². The molecule has 1 aliphatic heterocycles. The third-order valence-corrected chi connectivity index (χ3v) is 4.72. The van der Waals surface area contributed by atoms with Gasteiger partial charge in [0.1, 0.15) is 0 Å². The molecule has 0 saturated carbocycles. The molecule has 1 heterocycles. The van der Waals surface area contributed by atoms with Gasteiger partial charge in [-0.25, -0.2) is 13.6 Å². The summed E-state index contributed by atoms with van der Waals surface area (Å²) in [5.41, 5.74) is 1.80. The molecule has 0 spiro atoms. The molecule has 27 heavy (non-hydrogen) atoms. The van der Waals surface area contributed by atoms with E-state index in [2.05, 4.69) is 15.6 Å². The molecule has 0 atom stereocenters. The molecule has 0 radical (unpaired) electrons. The van der Waals surface area contributed by atoms with Crippen molar-refractivity contribution in [2.24, 2.45) is 10.1 Å². The maximum absolute atomic E-state index is 11.4. The first-order chi connectivity index (χ1) is 12.5. The number of hydrogen-bond acceptors (Lipinski definition) is 5. The monoisotopic (exact) mass is 504 g/mol. The van der Waals surface area contributed by atoms with Crippen LogP contribution in [0.5, 0.6) is 11.5 Å². The third-order valence-electron chi connectivity index (χ3n) is 3.81. The normalized spacial score (nSPS) is 13.0. The van der Waals surface area contributed by atoms with Crippen LogP contribution in [0.25, 0.3) is 0 Å². The molecule has 0 aromatic heterocycles. The quantitative estimate of drug-likeness (QED) is 0.324. The summed E-state index contributed by atoms with van der Waals surface area (Å²) in [6.45, 7) is 1.20. The van der Waals surface area contributed by atoms with Crippen LogP contribution in [0.2, 0.25) is 0 Å².